The first kappa shape index (κ1) is 17.7. The van der Waals surface area contributed by atoms with Gasteiger partial charge in [0, 0.05) is 30.3 Å². The Morgan fingerprint density at radius 2 is 1.92 bits per heavy atom. The van der Waals surface area contributed by atoms with Crippen molar-refractivity contribution in [1.82, 2.24) is 4.90 Å². The first-order valence-electron chi connectivity index (χ1n) is 8.48. The topological polar surface area (TPSA) is 68.0 Å². The molecule has 2 heterocycles. The average molecular weight is 353 g/mol. The zero-order valence-corrected chi connectivity index (χ0v) is 15.7. The smallest absolute Gasteiger partial charge is 0.260 e. The first-order valence-corrected chi connectivity index (χ1v) is 9.30. The maximum Gasteiger partial charge on any atom is 0.260 e. The second-order valence-corrected chi connectivity index (χ2v) is 7.68. The Bertz CT molecular complexity index is 807. The number of amides is 1. The van der Waals surface area contributed by atoms with Crippen molar-refractivity contribution in [2.45, 2.75) is 33.1 Å². The Kier molecular flexibility index (Phi) is 4.95. The molecule has 1 aromatic rings. The third-order valence-corrected chi connectivity index (χ3v) is 6.12. The number of nitrogens with one attached hydrogen (secondary N) is 2. The molecule has 1 saturated heterocycles. The van der Waals surface area contributed by atoms with E-state index in [-0.39, 0.29) is 5.91 Å². The van der Waals surface area contributed by atoms with Crippen LogP contribution in [0.2, 0.25) is 0 Å². The number of nitrogens with zero attached hydrogens (tertiary/aromatic N) is 1. The van der Waals surface area contributed by atoms with Gasteiger partial charge in [0.15, 0.2) is 0 Å². The number of benzene rings is 1. The highest BCUT2D eigenvalue weighted by atomic mass is 32.2. The number of thioether (sulfide) groups is 1. The monoisotopic (exact) mass is 353 g/mol. The molecule has 2 N–H and O–H groups in total. The van der Waals surface area contributed by atoms with Crippen LogP contribution < -0.4 is 0 Å². The first-order chi connectivity index (χ1) is 11.9. The fourth-order valence-electron chi connectivity index (χ4n) is 3.44. The van der Waals surface area contributed by atoms with Gasteiger partial charge in [0.05, 0.1) is 9.95 Å². The van der Waals surface area contributed by atoms with Gasteiger partial charge in [-0.3, -0.25) is 10.2 Å². The number of hydrogen-bond acceptors (Lipinski definition) is 4. The summed E-state index contributed by atoms with van der Waals surface area (Å²) in [5.74, 6) is 0.411. The van der Waals surface area contributed by atoms with E-state index in [2.05, 4.69) is 12.1 Å². The fourth-order valence-corrected chi connectivity index (χ4v) is 4.53. The molecule has 1 atom stereocenters. The van der Waals surface area contributed by atoms with Crippen molar-refractivity contribution in [2.24, 2.45) is 0 Å². The summed E-state index contributed by atoms with van der Waals surface area (Å²) in [5.41, 5.74) is 4.10. The summed E-state index contributed by atoms with van der Waals surface area (Å²) >= 11 is 1.24. The SMILES string of the molecule is CC(=N)/C(C)=C1\C(=N)SC(C(=O)N2CCC(c3ccccc3)C2)=C1C. The van der Waals surface area contributed by atoms with Gasteiger partial charge in [0.25, 0.3) is 5.91 Å². The van der Waals surface area contributed by atoms with Crippen molar-refractivity contribution < 1.29 is 4.79 Å². The van der Waals surface area contributed by atoms with Crippen LogP contribution in [0, 0.1) is 10.8 Å². The van der Waals surface area contributed by atoms with Crippen LogP contribution in [0.4, 0.5) is 0 Å². The third kappa shape index (κ3) is 3.33. The van der Waals surface area contributed by atoms with Crippen LogP contribution in [-0.2, 0) is 4.79 Å². The van der Waals surface area contributed by atoms with E-state index in [0.717, 1.165) is 36.2 Å². The molecule has 130 valence electrons. The van der Waals surface area contributed by atoms with Gasteiger partial charge >= 0.3 is 0 Å². The highest BCUT2D eigenvalue weighted by Gasteiger charge is 2.35. The van der Waals surface area contributed by atoms with Crippen molar-refractivity contribution in [1.29, 1.82) is 10.8 Å². The van der Waals surface area contributed by atoms with E-state index in [0.29, 0.717) is 21.6 Å². The van der Waals surface area contributed by atoms with Gasteiger partial charge in [0.2, 0.25) is 0 Å². The Labute approximate surface area is 153 Å². The minimum Gasteiger partial charge on any atom is -0.338 e. The summed E-state index contributed by atoms with van der Waals surface area (Å²) < 4.78 is 0. The number of hydrogen-bond donors (Lipinski definition) is 2. The molecule has 0 radical (unpaired) electrons. The summed E-state index contributed by atoms with van der Waals surface area (Å²) in [7, 11) is 0. The summed E-state index contributed by atoms with van der Waals surface area (Å²) in [4.78, 5) is 15.5. The van der Waals surface area contributed by atoms with E-state index >= 15 is 0 Å². The minimum absolute atomic E-state index is 0.0242. The summed E-state index contributed by atoms with van der Waals surface area (Å²) in [6.07, 6.45) is 0.978. The number of likely N-dealkylation sites (tertiary alicyclic amines) is 1. The van der Waals surface area contributed by atoms with Crippen LogP contribution in [0.5, 0.6) is 0 Å². The Morgan fingerprint density at radius 1 is 1.24 bits per heavy atom. The molecule has 2 aliphatic heterocycles. The minimum atomic E-state index is 0.0242. The lowest BCUT2D eigenvalue weighted by atomic mass is 9.99. The largest absolute Gasteiger partial charge is 0.338 e. The molecule has 1 amide bonds. The molecule has 3 rings (SSSR count). The number of carbonyl (C=O) groups excluding carboxylic acids is 1. The van der Waals surface area contributed by atoms with E-state index in [1.54, 1.807) is 6.92 Å². The van der Waals surface area contributed by atoms with Crippen LogP contribution in [0.25, 0.3) is 0 Å². The highest BCUT2D eigenvalue weighted by molar-refractivity contribution is 8.18. The summed E-state index contributed by atoms with van der Waals surface area (Å²) in [6.45, 7) is 6.96. The zero-order chi connectivity index (χ0) is 18.1. The van der Waals surface area contributed by atoms with Crippen LogP contribution >= 0.6 is 11.8 Å². The fraction of sp³-hybridized carbons (Fsp3) is 0.350. The molecule has 5 heteroatoms. The standard InChI is InChI=1S/C20H23N3OS/c1-12(14(3)21)17-13(2)18(25-19(17)22)20(24)23-10-9-16(11-23)15-7-5-4-6-8-15/h4-8,16,21-22H,9-11H2,1-3H3/b17-12-,21-14?,22-19?. The van der Waals surface area contributed by atoms with E-state index < -0.39 is 0 Å². The molecule has 1 aromatic carbocycles. The lowest BCUT2D eigenvalue weighted by Gasteiger charge is -2.17. The molecule has 2 aliphatic rings. The molecular weight excluding hydrogens is 330 g/mol. The highest BCUT2D eigenvalue weighted by Crippen LogP contribution is 2.41. The van der Waals surface area contributed by atoms with Crippen LogP contribution in [0.3, 0.4) is 0 Å². The van der Waals surface area contributed by atoms with Gasteiger partial charge in [-0.15, -0.1) is 0 Å². The second kappa shape index (κ2) is 7.00. The quantitative estimate of drug-likeness (QED) is 0.793. The Balaban J connectivity index is 1.81. The summed E-state index contributed by atoms with van der Waals surface area (Å²) in [5, 5.41) is 16.4. The van der Waals surface area contributed by atoms with Crippen LogP contribution in [-0.4, -0.2) is 34.7 Å². The number of carbonyl (C=O) groups is 1. The molecule has 0 aromatic heterocycles. The lowest BCUT2D eigenvalue weighted by Crippen LogP contribution is -2.29. The maximum absolute atomic E-state index is 13.0. The summed E-state index contributed by atoms with van der Waals surface area (Å²) in [6, 6.07) is 10.3. The van der Waals surface area contributed by atoms with Gasteiger partial charge in [-0.1, -0.05) is 42.1 Å². The molecule has 4 nitrogen and oxygen atoms in total. The molecule has 0 bridgehead atoms. The van der Waals surface area contributed by atoms with Gasteiger partial charge in [-0.25, -0.2) is 0 Å². The van der Waals surface area contributed by atoms with Gasteiger partial charge in [-0.05, 0) is 43.9 Å². The van der Waals surface area contributed by atoms with Gasteiger partial charge in [0.1, 0.15) is 0 Å². The molecule has 25 heavy (non-hydrogen) atoms. The van der Waals surface area contributed by atoms with Crippen LogP contribution in [0.1, 0.15) is 38.7 Å². The molecule has 1 fully saturated rings. The normalized spacial score (nSPS) is 22.6. The average Bonchev–Trinajstić information content (AvgIpc) is 3.19. The molecule has 1 unspecified atom stereocenters. The zero-order valence-electron chi connectivity index (χ0n) is 14.8. The van der Waals surface area contributed by atoms with Crippen molar-refractivity contribution in [3.63, 3.8) is 0 Å². The molecule has 0 saturated carbocycles. The Morgan fingerprint density at radius 3 is 2.56 bits per heavy atom. The van der Waals surface area contributed by atoms with E-state index in [9.17, 15) is 4.79 Å². The number of allylic oxidation sites excluding steroid dienone is 2. The molecule has 0 spiro atoms. The predicted octanol–water partition coefficient (Wildman–Crippen LogP) is 4.36. The Hall–Kier alpha value is -2.14. The van der Waals surface area contributed by atoms with E-state index in [4.69, 9.17) is 10.8 Å². The van der Waals surface area contributed by atoms with Gasteiger partial charge in [-0.2, -0.15) is 0 Å². The van der Waals surface area contributed by atoms with Crippen LogP contribution in [0.15, 0.2) is 52.0 Å². The third-order valence-electron chi connectivity index (χ3n) is 5.02. The van der Waals surface area contributed by atoms with Crippen molar-refractivity contribution in [3.05, 3.63) is 57.5 Å². The predicted molar refractivity (Wildman–Crippen MR) is 104 cm³/mol. The van der Waals surface area contributed by atoms with E-state index in [1.807, 2.05) is 36.9 Å². The molecule has 0 aliphatic carbocycles. The second-order valence-electron chi connectivity index (χ2n) is 6.66. The number of rotatable bonds is 3. The van der Waals surface area contributed by atoms with Crippen molar-refractivity contribution in [2.75, 3.05) is 13.1 Å². The molecular formula is C20H23N3OS. The maximum atomic E-state index is 13.0. The lowest BCUT2D eigenvalue weighted by molar-refractivity contribution is -0.125. The van der Waals surface area contributed by atoms with E-state index in [1.165, 1.54) is 17.3 Å². The van der Waals surface area contributed by atoms with Crippen molar-refractivity contribution >= 4 is 28.4 Å². The van der Waals surface area contributed by atoms with Gasteiger partial charge < -0.3 is 10.3 Å². The van der Waals surface area contributed by atoms with Crippen molar-refractivity contribution in [3.8, 4) is 0 Å².